The molecule has 0 radical (unpaired) electrons. The number of carbonyl (C=O) groups excluding carboxylic acids is 1. The largest absolute Gasteiger partial charge is 0.491 e. The van der Waals surface area contributed by atoms with E-state index >= 15 is 0 Å². The van der Waals surface area contributed by atoms with Gasteiger partial charge in [-0.15, -0.1) is 0 Å². The minimum Gasteiger partial charge on any atom is -0.491 e. The number of fused-ring (bicyclic) bond motifs is 2. The van der Waals surface area contributed by atoms with Crippen LogP contribution in [0.2, 0.25) is 0 Å². The fourth-order valence-corrected chi connectivity index (χ4v) is 3.90. The highest BCUT2D eigenvalue weighted by Gasteiger charge is 2.30. The molecule has 3 atom stereocenters. The first-order valence-corrected chi connectivity index (χ1v) is 10.4. The zero-order valence-electron chi connectivity index (χ0n) is 17.3. The van der Waals surface area contributed by atoms with Crippen molar-refractivity contribution in [3.63, 3.8) is 0 Å². The average molecular weight is 399 g/mol. The molecule has 0 spiro atoms. The molecule has 2 aliphatic rings. The molecule has 3 unspecified atom stereocenters. The van der Waals surface area contributed by atoms with E-state index in [9.17, 15) is 4.79 Å². The fourth-order valence-electron chi connectivity index (χ4n) is 3.90. The summed E-state index contributed by atoms with van der Waals surface area (Å²) in [5.41, 5.74) is 2.69. The molecule has 7 heteroatoms. The van der Waals surface area contributed by atoms with E-state index in [2.05, 4.69) is 30.3 Å². The Morgan fingerprint density at radius 1 is 1.31 bits per heavy atom. The van der Waals surface area contributed by atoms with Gasteiger partial charge in [0.15, 0.2) is 5.69 Å². The van der Waals surface area contributed by atoms with Crippen molar-refractivity contribution in [2.45, 2.75) is 45.7 Å². The highest BCUT2D eigenvalue weighted by molar-refractivity contribution is 5.92. The standard InChI is InChI=1S/C22H29N3O4/c1-4-27-11-16-7-8-25-21(29-12-16)10-18(24-25)22(26)23-19-13-28-20-6-5-14(2)9-17(20)15(19)3/h5-6,9-10,15-16,19H,4,7-8,11-13H2,1-3H3,(H,23,26). The molecule has 29 heavy (non-hydrogen) atoms. The van der Waals surface area contributed by atoms with Crippen molar-refractivity contribution in [3.8, 4) is 11.6 Å². The Kier molecular flexibility index (Phi) is 5.76. The summed E-state index contributed by atoms with van der Waals surface area (Å²) in [6.07, 6.45) is 0.916. The quantitative estimate of drug-likeness (QED) is 0.837. The van der Waals surface area contributed by atoms with Gasteiger partial charge in [-0.25, -0.2) is 4.68 Å². The summed E-state index contributed by atoms with van der Waals surface area (Å²) >= 11 is 0. The minimum absolute atomic E-state index is 0.102. The molecule has 2 aromatic rings. The number of amides is 1. The van der Waals surface area contributed by atoms with Crippen LogP contribution in [0.25, 0.3) is 0 Å². The van der Waals surface area contributed by atoms with E-state index in [1.807, 2.05) is 19.1 Å². The third-order valence-electron chi connectivity index (χ3n) is 5.74. The third-order valence-corrected chi connectivity index (χ3v) is 5.74. The lowest BCUT2D eigenvalue weighted by Gasteiger charge is -2.32. The normalized spacial score (nSPS) is 23.2. The summed E-state index contributed by atoms with van der Waals surface area (Å²) in [5, 5.41) is 7.56. The molecular formula is C22H29N3O4. The highest BCUT2D eigenvalue weighted by Crippen LogP contribution is 2.34. The number of nitrogens with one attached hydrogen (secondary N) is 1. The monoisotopic (exact) mass is 399 g/mol. The van der Waals surface area contributed by atoms with E-state index in [0.717, 1.165) is 24.3 Å². The van der Waals surface area contributed by atoms with Crippen LogP contribution in [0.3, 0.4) is 0 Å². The SMILES string of the molecule is CCOCC1CCn2nc(C(=O)NC3COc4ccc(C)cc4C3C)cc2OC1. The van der Waals surface area contributed by atoms with Crippen molar-refractivity contribution in [3.05, 3.63) is 41.1 Å². The summed E-state index contributed by atoms with van der Waals surface area (Å²) in [6, 6.07) is 7.80. The first kappa shape index (κ1) is 19.8. The van der Waals surface area contributed by atoms with E-state index < -0.39 is 0 Å². The summed E-state index contributed by atoms with van der Waals surface area (Å²) < 4.78 is 19.0. The number of aromatic nitrogens is 2. The minimum atomic E-state index is -0.198. The molecule has 2 aliphatic heterocycles. The Morgan fingerprint density at radius 2 is 2.17 bits per heavy atom. The Hall–Kier alpha value is -2.54. The van der Waals surface area contributed by atoms with Crippen molar-refractivity contribution in [2.75, 3.05) is 26.4 Å². The number of hydrogen-bond donors (Lipinski definition) is 1. The molecule has 1 amide bonds. The van der Waals surface area contributed by atoms with Crippen LogP contribution in [0, 0.1) is 12.8 Å². The van der Waals surface area contributed by atoms with Gasteiger partial charge < -0.3 is 19.5 Å². The van der Waals surface area contributed by atoms with Crippen LogP contribution in [0.4, 0.5) is 0 Å². The van der Waals surface area contributed by atoms with Crippen LogP contribution in [-0.4, -0.2) is 48.2 Å². The number of ether oxygens (including phenoxy) is 3. The second kappa shape index (κ2) is 8.45. The maximum atomic E-state index is 12.8. The van der Waals surface area contributed by atoms with Gasteiger partial charge >= 0.3 is 0 Å². The van der Waals surface area contributed by atoms with Crippen molar-refractivity contribution < 1.29 is 19.0 Å². The third kappa shape index (κ3) is 4.24. The molecule has 0 bridgehead atoms. The van der Waals surface area contributed by atoms with Gasteiger partial charge in [-0.1, -0.05) is 24.6 Å². The Labute approximate surface area is 171 Å². The fraction of sp³-hybridized carbons (Fsp3) is 0.545. The van der Waals surface area contributed by atoms with Crippen molar-refractivity contribution in [1.82, 2.24) is 15.1 Å². The van der Waals surface area contributed by atoms with Gasteiger partial charge in [0.05, 0.1) is 19.3 Å². The van der Waals surface area contributed by atoms with Crippen molar-refractivity contribution in [1.29, 1.82) is 0 Å². The van der Waals surface area contributed by atoms with Crippen LogP contribution in [0.1, 0.15) is 47.8 Å². The summed E-state index contributed by atoms with van der Waals surface area (Å²) in [4.78, 5) is 12.8. The van der Waals surface area contributed by atoms with Gasteiger partial charge in [0.2, 0.25) is 5.88 Å². The molecule has 1 aromatic carbocycles. The lowest BCUT2D eigenvalue weighted by atomic mass is 9.89. The predicted molar refractivity (Wildman–Crippen MR) is 109 cm³/mol. The van der Waals surface area contributed by atoms with E-state index in [1.54, 1.807) is 10.7 Å². The van der Waals surface area contributed by atoms with Gasteiger partial charge in [-0.2, -0.15) is 5.10 Å². The second-order valence-corrected chi connectivity index (χ2v) is 7.94. The molecule has 1 aromatic heterocycles. The van der Waals surface area contributed by atoms with E-state index in [-0.39, 0.29) is 17.9 Å². The molecule has 0 saturated carbocycles. The summed E-state index contributed by atoms with van der Waals surface area (Å²) in [6.45, 7) is 9.32. The molecule has 7 nitrogen and oxygen atoms in total. The molecule has 3 heterocycles. The van der Waals surface area contributed by atoms with Crippen LogP contribution in [-0.2, 0) is 11.3 Å². The lowest BCUT2D eigenvalue weighted by molar-refractivity contribution is 0.0860. The predicted octanol–water partition coefficient (Wildman–Crippen LogP) is 2.92. The Morgan fingerprint density at radius 3 is 3.00 bits per heavy atom. The maximum Gasteiger partial charge on any atom is 0.272 e. The van der Waals surface area contributed by atoms with E-state index in [1.165, 1.54) is 5.56 Å². The number of benzene rings is 1. The molecule has 0 saturated heterocycles. The highest BCUT2D eigenvalue weighted by atomic mass is 16.5. The molecular weight excluding hydrogens is 370 g/mol. The zero-order valence-corrected chi connectivity index (χ0v) is 17.3. The smallest absolute Gasteiger partial charge is 0.272 e. The number of nitrogens with zero attached hydrogens (tertiary/aromatic N) is 2. The van der Waals surface area contributed by atoms with Crippen LogP contribution >= 0.6 is 0 Å². The zero-order chi connectivity index (χ0) is 20.4. The number of carbonyl (C=O) groups is 1. The van der Waals surface area contributed by atoms with E-state index in [4.69, 9.17) is 14.2 Å². The number of aryl methyl sites for hydroxylation is 2. The number of hydrogen-bond acceptors (Lipinski definition) is 5. The van der Waals surface area contributed by atoms with Crippen LogP contribution < -0.4 is 14.8 Å². The molecule has 1 N–H and O–H groups in total. The molecule has 156 valence electrons. The number of rotatable bonds is 5. The lowest BCUT2D eigenvalue weighted by Crippen LogP contribution is -2.44. The molecule has 0 aliphatic carbocycles. The van der Waals surface area contributed by atoms with E-state index in [0.29, 0.717) is 43.9 Å². The summed E-state index contributed by atoms with van der Waals surface area (Å²) in [5.74, 6) is 1.85. The van der Waals surface area contributed by atoms with Crippen LogP contribution in [0.5, 0.6) is 11.6 Å². The Balaban J connectivity index is 1.40. The Bertz CT molecular complexity index is 853. The first-order chi connectivity index (χ1) is 14.0. The van der Waals surface area contributed by atoms with Crippen molar-refractivity contribution in [2.24, 2.45) is 5.92 Å². The van der Waals surface area contributed by atoms with Gasteiger partial charge in [0.1, 0.15) is 12.4 Å². The topological polar surface area (TPSA) is 74.6 Å². The van der Waals surface area contributed by atoms with Gasteiger partial charge in [0, 0.05) is 31.1 Å². The van der Waals surface area contributed by atoms with Crippen LogP contribution in [0.15, 0.2) is 24.3 Å². The molecule has 0 fully saturated rings. The van der Waals surface area contributed by atoms with Gasteiger partial charge in [0.25, 0.3) is 5.91 Å². The molecule has 4 rings (SSSR count). The first-order valence-electron chi connectivity index (χ1n) is 10.4. The summed E-state index contributed by atoms with van der Waals surface area (Å²) in [7, 11) is 0. The van der Waals surface area contributed by atoms with Crippen molar-refractivity contribution >= 4 is 5.91 Å². The average Bonchev–Trinajstić information content (AvgIpc) is 3.04. The second-order valence-electron chi connectivity index (χ2n) is 7.94. The van der Waals surface area contributed by atoms with Gasteiger partial charge in [-0.3, -0.25) is 4.79 Å². The maximum absolute atomic E-state index is 12.8. The van der Waals surface area contributed by atoms with Gasteiger partial charge in [-0.05, 0) is 31.9 Å².